The highest BCUT2D eigenvalue weighted by Gasteiger charge is 2.21. The molecule has 0 spiro atoms. The Morgan fingerprint density at radius 2 is 2.05 bits per heavy atom. The smallest absolute Gasteiger partial charge is 0.335 e. The number of anilines is 1. The van der Waals surface area contributed by atoms with Gasteiger partial charge in [0.1, 0.15) is 17.2 Å². The Kier molecular flexibility index (Phi) is 7.97. The van der Waals surface area contributed by atoms with E-state index < -0.39 is 17.3 Å². The number of benzene rings is 1. The number of allylic oxidation sites excluding steroid dienone is 6. The van der Waals surface area contributed by atoms with Crippen molar-refractivity contribution in [3.05, 3.63) is 82.1 Å². The molecule has 1 atom stereocenters. The lowest BCUT2D eigenvalue weighted by Crippen LogP contribution is -2.39. The molecule has 2 aliphatic rings. The summed E-state index contributed by atoms with van der Waals surface area (Å²) < 4.78 is 37.4. The normalized spacial score (nSPS) is 21.9. The van der Waals surface area contributed by atoms with Gasteiger partial charge in [-0.25, -0.2) is 23.1 Å². The van der Waals surface area contributed by atoms with E-state index in [0.717, 1.165) is 31.6 Å². The van der Waals surface area contributed by atoms with Gasteiger partial charge in [0.25, 0.3) is 0 Å². The van der Waals surface area contributed by atoms with E-state index in [0.29, 0.717) is 41.8 Å². The van der Waals surface area contributed by atoms with Crippen molar-refractivity contribution in [3.8, 4) is 0 Å². The molecule has 8 nitrogen and oxygen atoms in total. The van der Waals surface area contributed by atoms with Gasteiger partial charge >= 0.3 is 5.69 Å². The van der Waals surface area contributed by atoms with Crippen LogP contribution < -0.4 is 16.3 Å². The van der Waals surface area contributed by atoms with E-state index in [9.17, 15) is 13.6 Å². The van der Waals surface area contributed by atoms with E-state index in [-0.39, 0.29) is 12.1 Å². The van der Waals surface area contributed by atoms with Crippen LogP contribution in [-0.2, 0) is 11.3 Å². The van der Waals surface area contributed by atoms with Crippen molar-refractivity contribution < 1.29 is 13.5 Å². The Bertz CT molecular complexity index is 1430. The molecule has 0 radical (unpaired) electrons. The van der Waals surface area contributed by atoms with Crippen LogP contribution in [0.15, 0.2) is 59.3 Å². The van der Waals surface area contributed by atoms with Gasteiger partial charge in [-0.1, -0.05) is 24.6 Å². The van der Waals surface area contributed by atoms with Crippen LogP contribution in [0.3, 0.4) is 0 Å². The summed E-state index contributed by atoms with van der Waals surface area (Å²) in [5, 5.41) is 6.77. The van der Waals surface area contributed by atoms with E-state index >= 15 is 0 Å². The molecule has 3 aromatic rings. The lowest BCUT2D eigenvalue weighted by atomic mass is 10.1. The quantitative estimate of drug-likeness (QED) is 0.472. The molecule has 200 valence electrons. The van der Waals surface area contributed by atoms with Gasteiger partial charge in [0.2, 0.25) is 5.95 Å². The Morgan fingerprint density at radius 3 is 2.82 bits per heavy atom. The van der Waals surface area contributed by atoms with Crippen LogP contribution >= 0.6 is 0 Å². The minimum Gasteiger partial charge on any atom is -0.501 e. The zero-order valence-corrected chi connectivity index (χ0v) is 21.4. The predicted octanol–water partition coefficient (Wildman–Crippen LogP) is 4.58. The first-order chi connectivity index (χ1) is 18.5. The summed E-state index contributed by atoms with van der Waals surface area (Å²) in [5.74, 6) is -0.335. The SMILES string of the molecule is CO/C1=C/C(n2c(=O)n(Cc3c(F)cccc3F)c3cnc(NCC4CCCCN4)nc32)=C\C=C/CCC1. The summed E-state index contributed by atoms with van der Waals surface area (Å²) in [5.41, 5.74) is 0.577. The van der Waals surface area contributed by atoms with Gasteiger partial charge in [-0.3, -0.25) is 4.57 Å². The first-order valence-corrected chi connectivity index (χ1v) is 13.1. The second kappa shape index (κ2) is 11.7. The minimum atomic E-state index is -0.719. The monoisotopic (exact) mass is 522 g/mol. The number of hydrogen-bond donors (Lipinski definition) is 2. The number of fused-ring (bicyclic) bond motifs is 1. The molecule has 2 aromatic heterocycles. The summed E-state index contributed by atoms with van der Waals surface area (Å²) in [6.45, 7) is 1.33. The topological polar surface area (TPSA) is 86.0 Å². The third-order valence-corrected chi connectivity index (χ3v) is 7.00. The molecule has 38 heavy (non-hydrogen) atoms. The number of rotatable bonds is 7. The molecule has 0 bridgehead atoms. The first kappa shape index (κ1) is 25.8. The Balaban J connectivity index is 1.62. The number of hydrogen-bond acceptors (Lipinski definition) is 6. The maximum absolute atomic E-state index is 14.6. The number of imidazole rings is 1. The molecule has 5 rings (SSSR count). The van der Waals surface area contributed by atoms with E-state index in [1.807, 2.05) is 24.3 Å². The van der Waals surface area contributed by atoms with Crippen LogP contribution in [0.2, 0.25) is 0 Å². The van der Waals surface area contributed by atoms with E-state index in [4.69, 9.17) is 9.72 Å². The van der Waals surface area contributed by atoms with Gasteiger partial charge in [-0.2, -0.15) is 4.98 Å². The van der Waals surface area contributed by atoms with Gasteiger partial charge in [-0.05, 0) is 50.4 Å². The highest BCUT2D eigenvalue weighted by atomic mass is 19.1. The Labute approximate surface area is 219 Å². The zero-order chi connectivity index (χ0) is 26.5. The maximum Gasteiger partial charge on any atom is 0.335 e. The molecule has 0 saturated carbocycles. The molecule has 1 aliphatic heterocycles. The number of piperidine rings is 1. The van der Waals surface area contributed by atoms with Crippen molar-refractivity contribution in [1.82, 2.24) is 24.4 Å². The Hall–Kier alpha value is -3.79. The second-order valence-corrected chi connectivity index (χ2v) is 9.56. The number of halogens is 2. The maximum atomic E-state index is 14.6. The number of ether oxygens (including phenoxy) is 1. The van der Waals surface area contributed by atoms with Crippen molar-refractivity contribution in [3.63, 3.8) is 0 Å². The van der Waals surface area contributed by atoms with Crippen molar-refractivity contribution in [2.24, 2.45) is 0 Å². The standard InChI is InChI=1S/C28H32F2N6O2/c1-38-21-11-5-3-2-4-10-20(15-21)36-26-25(17-33-27(34-26)32-16-19-9-6-7-14-31-19)35(28(36)37)18-22-23(29)12-8-13-24(22)30/h2,4,8,10,12-13,15,17,19,31H,3,5-7,9,11,14,16,18H2,1H3,(H,32,33,34)/b4-2-,20-10+,21-15+. The average molecular weight is 523 g/mol. The summed E-state index contributed by atoms with van der Waals surface area (Å²) in [6, 6.07) is 3.97. The number of nitrogens with one attached hydrogen (secondary N) is 2. The van der Waals surface area contributed by atoms with Crippen molar-refractivity contribution in [2.75, 3.05) is 25.5 Å². The lowest BCUT2D eigenvalue weighted by molar-refractivity contribution is 0.275. The van der Waals surface area contributed by atoms with Gasteiger partial charge in [0, 0.05) is 30.6 Å². The highest BCUT2D eigenvalue weighted by molar-refractivity contribution is 5.79. The number of aromatic nitrogens is 4. The molecule has 1 fully saturated rings. The second-order valence-electron chi connectivity index (χ2n) is 9.56. The molecule has 3 heterocycles. The Morgan fingerprint density at radius 1 is 1.21 bits per heavy atom. The van der Waals surface area contributed by atoms with Crippen LogP contribution in [0.4, 0.5) is 14.7 Å². The fourth-order valence-electron chi connectivity index (χ4n) is 4.90. The summed E-state index contributed by atoms with van der Waals surface area (Å²) in [4.78, 5) is 23.0. The molecule has 1 aromatic carbocycles. The van der Waals surface area contributed by atoms with Gasteiger partial charge < -0.3 is 15.4 Å². The van der Waals surface area contributed by atoms with Crippen LogP contribution in [-0.4, -0.2) is 45.3 Å². The fraction of sp³-hybridized carbons (Fsp3) is 0.393. The van der Waals surface area contributed by atoms with E-state index in [1.165, 1.54) is 46.4 Å². The van der Waals surface area contributed by atoms with E-state index in [1.54, 1.807) is 7.11 Å². The van der Waals surface area contributed by atoms with Crippen molar-refractivity contribution >= 4 is 22.8 Å². The van der Waals surface area contributed by atoms with Crippen LogP contribution in [0.5, 0.6) is 0 Å². The third-order valence-electron chi connectivity index (χ3n) is 7.00. The van der Waals surface area contributed by atoms with Gasteiger partial charge in [0.05, 0.1) is 31.3 Å². The van der Waals surface area contributed by atoms with Gasteiger partial charge in [0.15, 0.2) is 5.65 Å². The lowest BCUT2D eigenvalue weighted by Gasteiger charge is -2.23. The molecule has 1 saturated heterocycles. The minimum absolute atomic E-state index is 0.198. The largest absolute Gasteiger partial charge is 0.501 e. The number of nitrogens with zero attached hydrogens (tertiary/aromatic N) is 4. The van der Waals surface area contributed by atoms with Crippen molar-refractivity contribution in [1.29, 1.82) is 0 Å². The van der Waals surface area contributed by atoms with Crippen LogP contribution in [0.25, 0.3) is 16.9 Å². The molecule has 0 amide bonds. The molecular weight excluding hydrogens is 490 g/mol. The van der Waals surface area contributed by atoms with Gasteiger partial charge in [-0.15, -0.1) is 0 Å². The zero-order valence-electron chi connectivity index (χ0n) is 21.4. The molecule has 2 N–H and O–H groups in total. The number of methoxy groups -OCH3 is 1. The van der Waals surface area contributed by atoms with Crippen LogP contribution in [0.1, 0.15) is 44.1 Å². The van der Waals surface area contributed by atoms with Crippen molar-refractivity contribution in [2.45, 2.75) is 51.1 Å². The van der Waals surface area contributed by atoms with E-state index in [2.05, 4.69) is 15.6 Å². The third kappa shape index (κ3) is 5.55. The summed E-state index contributed by atoms with van der Waals surface area (Å²) in [7, 11) is 1.60. The molecule has 1 unspecified atom stereocenters. The fourth-order valence-corrected chi connectivity index (χ4v) is 4.90. The molecule has 10 heteroatoms. The molecule has 1 aliphatic carbocycles. The predicted molar refractivity (Wildman–Crippen MR) is 144 cm³/mol. The first-order valence-electron chi connectivity index (χ1n) is 13.1. The van der Waals surface area contributed by atoms with Crippen LogP contribution in [0, 0.1) is 11.6 Å². The summed E-state index contributed by atoms with van der Waals surface area (Å²) in [6.07, 6.45) is 15.0. The summed E-state index contributed by atoms with van der Waals surface area (Å²) >= 11 is 0. The molecular formula is C28H32F2N6O2. The highest BCUT2D eigenvalue weighted by Crippen LogP contribution is 2.23. The average Bonchev–Trinajstić information content (AvgIpc) is 3.26.